The number of alkyl carbamates (subject to hydrolysis) is 1. The summed E-state index contributed by atoms with van der Waals surface area (Å²) in [6.07, 6.45) is -0.415. The first-order chi connectivity index (χ1) is 19.6. The summed E-state index contributed by atoms with van der Waals surface area (Å²) >= 11 is 0. The summed E-state index contributed by atoms with van der Waals surface area (Å²) in [5.74, 6) is -1.55. The largest absolute Gasteiger partial charge is 0.494 e. The molecule has 0 heterocycles. The molecule has 0 radical (unpaired) electrons. The molecular weight excluding hydrogens is 552 g/mol. The molecule has 13 heteroatoms. The summed E-state index contributed by atoms with van der Waals surface area (Å²) in [7, 11) is -4.07. The zero-order chi connectivity index (χ0) is 29.7. The van der Waals surface area contributed by atoms with Gasteiger partial charge in [-0.25, -0.2) is 13.2 Å². The summed E-state index contributed by atoms with van der Waals surface area (Å²) in [6.45, 7) is -0.169. The second-order valence-electron chi connectivity index (χ2n) is 8.67. The maximum atomic E-state index is 12.4. The van der Waals surface area contributed by atoms with Crippen molar-refractivity contribution in [2.75, 3.05) is 13.2 Å². The van der Waals surface area contributed by atoms with Crippen LogP contribution in [0.4, 0.5) is 4.79 Å². The normalized spacial score (nSPS) is 11.6. The molecule has 3 aromatic rings. The number of aliphatic carboxylic acids is 1. The molecule has 0 aliphatic carbocycles. The zero-order valence-electron chi connectivity index (χ0n) is 21.9. The summed E-state index contributed by atoms with van der Waals surface area (Å²) < 4.78 is 37.5. The van der Waals surface area contributed by atoms with Crippen molar-refractivity contribution in [1.82, 2.24) is 15.4 Å². The molecule has 0 saturated carbocycles. The van der Waals surface area contributed by atoms with Crippen LogP contribution in [0.25, 0.3) is 0 Å². The number of hydrogen-bond donors (Lipinski definition) is 5. The Hall–Kier alpha value is -4.75. The van der Waals surface area contributed by atoms with Gasteiger partial charge in [-0.1, -0.05) is 48.5 Å². The molecule has 0 aliphatic rings. The van der Waals surface area contributed by atoms with Gasteiger partial charge in [-0.3, -0.25) is 20.3 Å². The van der Waals surface area contributed by atoms with Crippen molar-refractivity contribution in [3.05, 3.63) is 96.1 Å². The molecule has 12 nitrogen and oxygen atoms in total. The Morgan fingerprint density at radius 1 is 0.902 bits per heavy atom. The van der Waals surface area contributed by atoms with Crippen molar-refractivity contribution >= 4 is 33.8 Å². The Bertz CT molecular complexity index is 1430. The molecule has 0 saturated heterocycles. The van der Waals surface area contributed by atoms with Crippen molar-refractivity contribution in [2.24, 2.45) is 0 Å². The average Bonchev–Trinajstić information content (AvgIpc) is 2.97. The fourth-order valence-electron chi connectivity index (χ4n) is 3.41. The van der Waals surface area contributed by atoms with E-state index in [1.807, 2.05) is 30.3 Å². The lowest BCUT2D eigenvalue weighted by atomic mass is 10.2. The minimum absolute atomic E-state index is 0.0233. The lowest BCUT2D eigenvalue weighted by molar-refractivity contribution is -0.138. The van der Waals surface area contributed by atoms with E-state index >= 15 is 0 Å². The van der Waals surface area contributed by atoms with Crippen LogP contribution in [0.3, 0.4) is 0 Å². The Kier molecular flexibility index (Phi) is 11.4. The third-order valence-electron chi connectivity index (χ3n) is 5.55. The zero-order valence-corrected chi connectivity index (χ0v) is 22.7. The maximum absolute atomic E-state index is 12.4. The summed E-state index contributed by atoms with van der Waals surface area (Å²) in [5, 5.41) is 22.2. The number of carbonyl (C=O) groups excluding carboxylic acids is 2. The average molecular weight is 583 g/mol. The third-order valence-corrected chi connectivity index (χ3v) is 7.04. The predicted molar refractivity (Wildman–Crippen MR) is 149 cm³/mol. The Morgan fingerprint density at radius 2 is 1.54 bits per heavy atom. The SMILES string of the molecule is N=C(NC(=O)OCc1ccccc1)c1ccc(OCCCC(=O)NC[C@H](NS(=O)(=O)c2ccccc2)C(=O)O)cc1. The van der Waals surface area contributed by atoms with Crippen molar-refractivity contribution in [1.29, 1.82) is 5.41 Å². The minimum atomic E-state index is -4.07. The van der Waals surface area contributed by atoms with Gasteiger partial charge in [0.1, 0.15) is 24.2 Å². The molecule has 5 N–H and O–H groups in total. The number of amidine groups is 1. The topological polar surface area (TPSA) is 184 Å². The van der Waals surface area contributed by atoms with E-state index in [9.17, 15) is 27.9 Å². The molecule has 41 heavy (non-hydrogen) atoms. The molecule has 0 unspecified atom stereocenters. The van der Waals surface area contributed by atoms with Gasteiger partial charge in [-0.2, -0.15) is 4.72 Å². The quantitative estimate of drug-likeness (QED) is 0.109. The van der Waals surface area contributed by atoms with Gasteiger partial charge in [0, 0.05) is 18.5 Å². The Morgan fingerprint density at radius 3 is 2.17 bits per heavy atom. The lowest BCUT2D eigenvalue weighted by Gasteiger charge is -2.15. The van der Waals surface area contributed by atoms with Crippen LogP contribution in [0.1, 0.15) is 24.0 Å². The number of nitrogens with one attached hydrogen (secondary N) is 4. The Balaban J connectivity index is 1.35. The first kappa shape index (κ1) is 30.8. The van der Waals surface area contributed by atoms with Gasteiger partial charge in [0.25, 0.3) is 0 Å². The summed E-state index contributed by atoms with van der Waals surface area (Å²) in [4.78, 5) is 35.5. The molecule has 0 fully saturated rings. The van der Waals surface area contributed by atoms with Gasteiger partial charge in [0.05, 0.1) is 11.5 Å². The Labute approximate surface area is 237 Å². The molecule has 0 aliphatic heterocycles. The smallest absolute Gasteiger partial charge is 0.413 e. The van der Waals surface area contributed by atoms with Gasteiger partial charge in [0.15, 0.2) is 0 Å². The maximum Gasteiger partial charge on any atom is 0.413 e. The number of carbonyl (C=O) groups is 3. The van der Waals surface area contributed by atoms with E-state index in [4.69, 9.17) is 14.9 Å². The van der Waals surface area contributed by atoms with Gasteiger partial charge in [0.2, 0.25) is 15.9 Å². The van der Waals surface area contributed by atoms with E-state index in [1.54, 1.807) is 30.3 Å². The van der Waals surface area contributed by atoms with E-state index < -0.39 is 40.6 Å². The predicted octanol–water partition coefficient (Wildman–Crippen LogP) is 2.65. The van der Waals surface area contributed by atoms with Crippen LogP contribution in [0.15, 0.2) is 89.8 Å². The highest BCUT2D eigenvalue weighted by Crippen LogP contribution is 2.13. The van der Waals surface area contributed by atoms with Gasteiger partial charge >= 0.3 is 12.1 Å². The number of hydrogen-bond acceptors (Lipinski definition) is 8. The minimum Gasteiger partial charge on any atom is -0.494 e. The molecule has 0 aromatic heterocycles. The number of sulfonamides is 1. The van der Waals surface area contributed by atoms with Crippen LogP contribution >= 0.6 is 0 Å². The molecule has 3 aromatic carbocycles. The van der Waals surface area contributed by atoms with Crippen LogP contribution in [0.5, 0.6) is 5.75 Å². The van der Waals surface area contributed by atoms with Crippen molar-refractivity contribution in [3.63, 3.8) is 0 Å². The summed E-state index contributed by atoms with van der Waals surface area (Å²) in [5.41, 5.74) is 1.26. The standard InChI is InChI=1S/C28H30N4O8S/c29-26(31-28(36)40-19-20-8-3-1-4-9-20)21-13-15-22(16-14-21)39-17-7-12-25(33)30-18-24(27(34)35)32-41(37,38)23-10-5-2-6-11-23/h1-6,8-11,13-16,24,32H,7,12,17-19H2,(H,30,33)(H,34,35)(H2,29,31,36)/t24-/m0/s1. The second kappa shape index (κ2) is 15.1. The number of carboxylic acid groups (broad SMARTS) is 1. The second-order valence-corrected chi connectivity index (χ2v) is 10.4. The van der Waals surface area contributed by atoms with Crippen LogP contribution in [-0.2, 0) is 31.0 Å². The van der Waals surface area contributed by atoms with Crippen LogP contribution < -0.4 is 20.1 Å². The van der Waals surface area contributed by atoms with Crippen molar-refractivity contribution in [3.8, 4) is 5.75 Å². The number of rotatable bonds is 14. The monoisotopic (exact) mass is 582 g/mol. The van der Waals surface area contributed by atoms with E-state index in [0.29, 0.717) is 17.7 Å². The van der Waals surface area contributed by atoms with E-state index in [2.05, 4.69) is 15.4 Å². The molecular formula is C28H30N4O8S. The van der Waals surface area contributed by atoms with Crippen molar-refractivity contribution in [2.45, 2.75) is 30.4 Å². The molecule has 216 valence electrons. The lowest BCUT2D eigenvalue weighted by Crippen LogP contribution is -2.48. The molecule has 0 bridgehead atoms. The van der Waals surface area contributed by atoms with Gasteiger partial charge < -0.3 is 19.9 Å². The highest BCUT2D eigenvalue weighted by atomic mass is 32.2. The molecule has 2 amide bonds. The van der Waals surface area contributed by atoms with E-state index in [-0.39, 0.29) is 30.4 Å². The molecule has 3 rings (SSSR count). The van der Waals surface area contributed by atoms with E-state index in [0.717, 1.165) is 5.56 Å². The number of amides is 2. The molecule has 1 atom stereocenters. The third kappa shape index (κ3) is 10.4. The first-order valence-electron chi connectivity index (χ1n) is 12.5. The molecule has 0 spiro atoms. The summed E-state index contributed by atoms with van der Waals surface area (Å²) in [6, 6.07) is 21.3. The van der Waals surface area contributed by atoms with Crippen LogP contribution in [0, 0.1) is 5.41 Å². The fourth-order valence-corrected chi connectivity index (χ4v) is 4.62. The van der Waals surface area contributed by atoms with Crippen molar-refractivity contribution < 1.29 is 37.4 Å². The number of benzene rings is 3. The van der Waals surface area contributed by atoms with E-state index in [1.165, 1.54) is 24.3 Å². The van der Waals surface area contributed by atoms with Crippen LogP contribution in [-0.4, -0.2) is 56.5 Å². The highest BCUT2D eigenvalue weighted by Gasteiger charge is 2.25. The fraction of sp³-hybridized carbons (Fsp3) is 0.214. The first-order valence-corrected chi connectivity index (χ1v) is 14.0. The van der Waals surface area contributed by atoms with Crippen LogP contribution in [0.2, 0.25) is 0 Å². The van der Waals surface area contributed by atoms with Gasteiger partial charge in [-0.05, 0) is 48.4 Å². The number of carboxylic acids is 1. The van der Waals surface area contributed by atoms with Gasteiger partial charge in [-0.15, -0.1) is 0 Å². The highest BCUT2D eigenvalue weighted by molar-refractivity contribution is 7.89. The number of ether oxygens (including phenoxy) is 2.